The second-order valence-electron chi connectivity index (χ2n) is 1.60. The summed E-state index contributed by atoms with van der Waals surface area (Å²) in [6.45, 7) is 0. The molecule has 8 heteroatoms. The van der Waals surface area contributed by atoms with Crippen LogP contribution in [0.3, 0.4) is 0 Å². The molecule has 2 heterocycles. The molecule has 7 nitrogen and oxygen atoms in total. The summed E-state index contributed by atoms with van der Waals surface area (Å²) < 4.78 is 0. The van der Waals surface area contributed by atoms with Crippen molar-refractivity contribution in [3.8, 4) is 0 Å². The molecular weight excluding hydrogens is 166 g/mol. The Morgan fingerprint density at radius 2 is 2.27 bits per heavy atom. The van der Waals surface area contributed by atoms with E-state index in [0.29, 0.717) is 10.2 Å². The Balaban J connectivity index is 2.14. The molecule has 0 aromatic carbocycles. The van der Waals surface area contributed by atoms with E-state index in [4.69, 9.17) is 0 Å². The molecule has 0 bridgehead atoms. The number of hydrogen-bond acceptors (Lipinski definition) is 6. The maximum atomic E-state index is 3.80. The third-order valence-electron chi connectivity index (χ3n) is 0.915. The van der Waals surface area contributed by atoms with E-state index in [2.05, 4.69) is 36.0 Å². The normalized spacial score (nSPS) is 10.2. The zero-order valence-electron chi connectivity index (χ0n) is 5.22. The monoisotopic (exact) mass is 169 g/mol. The summed E-state index contributed by atoms with van der Waals surface area (Å²) in [6, 6.07) is 0. The van der Waals surface area contributed by atoms with Crippen molar-refractivity contribution in [3.63, 3.8) is 0 Å². The molecular formula is C3H3N7S. The summed E-state index contributed by atoms with van der Waals surface area (Å²) in [7, 11) is 0. The first kappa shape index (κ1) is 6.28. The van der Waals surface area contributed by atoms with Crippen molar-refractivity contribution < 1.29 is 0 Å². The van der Waals surface area contributed by atoms with E-state index in [0.717, 1.165) is 0 Å². The highest BCUT2D eigenvalue weighted by Crippen LogP contribution is 2.18. The van der Waals surface area contributed by atoms with Crippen molar-refractivity contribution >= 4 is 11.8 Å². The van der Waals surface area contributed by atoms with Gasteiger partial charge in [0.05, 0.1) is 6.20 Å². The van der Waals surface area contributed by atoms with Crippen molar-refractivity contribution in [2.45, 2.75) is 10.2 Å². The summed E-state index contributed by atoms with van der Waals surface area (Å²) in [5.74, 6) is 0. The van der Waals surface area contributed by atoms with Crippen LogP contribution in [-0.4, -0.2) is 36.0 Å². The van der Waals surface area contributed by atoms with Gasteiger partial charge >= 0.3 is 0 Å². The van der Waals surface area contributed by atoms with E-state index >= 15 is 0 Å². The van der Waals surface area contributed by atoms with E-state index in [1.165, 1.54) is 11.8 Å². The second kappa shape index (κ2) is 2.66. The number of rotatable bonds is 2. The van der Waals surface area contributed by atoms with Crippen molar-refractivity contribution in [2.75, 3.05) is 0 Å². The molecule has 0 fully saturated rings. The standard InChI is InChI=1S/C3H3N7S/c1-2(5-8-4-1)11-3-6-9-10-7-3/h1H,(H,4,5,8)(H,6,7,9,10). The SMILES string of the molecule is c1n[nH]nc1Sc1nn[nH]n1. The van der Waals surface area contributed by atoms with Gasteiger partial charge in [-0.15, -0.1) is 15.3 Å². The average molecular weight is 169 g/mol. The molecule has 0 saturated carbocycles. The van der Waals surface area contributed by atoms with Crippen LogP contribution in [0.2, 0.25) is 0 Å². The van der Waals surface area contributed by atoms with Gasteiger partial charge in [-0.05, 0) is 17.0 Å². The van der Waals surface area contributed by atoms with Crippen LogP contribution in [0.1, 0.15) is 0 Å². The van der Waals surface area contributed by atoms with Gasteiger partial charge in [-0.1, -0.05) is 0 Å². The van der Waals surface area contributed by atoms with Crippen LogP contribution < -0.4 is 0 Å². The summed E-state index contributed by atoms with van der Waals surface area (Å²) in [6.07, 6.45) is 1.58. The van der Waals surface area contributed by atoms with Crippen molar-refractivity contribution in [1.82, 2.24) is 36.0 Å². The minimum Gasteiger partial charge on any atom is -0.197 e. The second-order valence-corrected chi connectivity index (χ2v) is 2.59. The molecule has 0 atom stereocenters. The number of aromatic nitrogens is 7. The molecule has 0 radical (unpaired) electrons. The lowest BCUT2D eigenvalue weighted by Gasteiger charge is -1.82. The summed E-state index contributed by atoms with van der Waals surface area (Å²) in [4.78, 5) is 0. The quantitative estimate of drug-likeness (QED) is 0.627. The van der Waals surface area contributed by atoms with Gasteiger partial charge in [0, 0.05) is 0 Å². The first-order chi connectivity index (χ1) is 5.45. The highest BCUT2D eigenvalue weighted by atomic mass is 32.2. The highest BCUT2D eigenvalue weighted by molar-refractivity contribution is 7.99. The molecule has 0 saturated heterocycles. The molecule has 0 aliphatic rings. The Hall–Kier alpha value is -1.44. The van der Waals surface area contributed by atoms with Crippen LogP contribution >= 0.6 is 11.8 Å². The lowest BCUT2D eigenvalue weighted by atomic mass is 11.0. The van der Waals surface area contributed by atoms with Crippen LogP contribution in [0.5, 0.6) is 0 Å². The minimum atomic E-state index is 0.527. The summed E-state index contributed by atoms with van der Waals surface area (Å²) in [5.41, 5.74) is 0. The zero-order valence-corrected chi connectivity index (χ0v) is 6.04. The molecule has 2 aromatic rings. The van der Waals surface area contributed by atoms with Gasteiger partial charge < -0.3 is 0 Å². The average Bonchev–Trinajstić information content (AvgIpc) is 2.60. The minimum absolute atomic E-state index is 0.527. The predicted octanol–water partition coefficient (Wildman–Crippen LogP) is -0.531. The van der Waals surface area contributed by atoms with Gasteiger partial charge in [0.1, 0.15) is 5.03 Å². The molecule has 0 amide bonds. The van der Waals surface area contributed by atoms with Gasteiger partial charge in [-0.2, -0.15) is 15.5 Å². The molecule has 2 rings (SSSR count). The Kier molecular flexibility index (Phi) is 1.52. The third-order valence-corrected chi connectivity index (χ3v) is 1.68. The van der Waals surface area contributed by atoms with E-state index in [1.54, 1.807) is 6.20 Å². The summed E-state index contributed by atoms with van der Waals surface area (Å²) in [5, 5.41) is 24.3. The smallest absolute Gasteiger partial charge is 0.197 e. The van der Waals surface area contributed by atoms with Gasteiger partial charge in [0.25, 0.3) is 0 Å². The van der Waals surface area contributed by atoms with Crippen LogP contribution in [0.15, 0.2) is 16.4 Å². The van der Waals surface area contributed by atoms with E-state index in [9.17, 15) is 0 Å². The molecule has 11 heavy (non-hydrogen) atoms. The summed E-state index contributed by atoms with van der Waals surface area (Å²) >= 11 is 1.28. The van der Waals surface area contributed by atoms with Gasteiger partial charge in [0.15, 0.2) is 0 Å². The topological polar surface area (TPSA) is 96.0 Å². The molecule has 0 spiro atoms. The van der Waals surface area contributed by atoms with Crippen LogP contribution in [0, 0.1) is 0 Å². The van der Waals surface area contributed by atoms with E-state index in [-0.39, 0.29) is 0 Å². The Morgan fingerprint density at radius 1 is 1.27 bits per heavy atom. The highest BCUT2D eigenvalue weighted by Gasteiger charge is 2.02. The fourth-order valence-electron chi connectivity index (χ4n) is 0.530. The fourth-order valence-corrected chi connectivity index (χ4v) is 1.08. The van der Waals surface area contributed by atoms with Crippen molar-refractivity contribution in [1.29, 1.82) is 0 Å². The van der Waals surface area contributed by atoms with Gasteiger partial charge in [-0.3, -0.25) is 0 Å². The Labute approximate surface area is 65.0 Å². The molecule has 2 aromatic heterocycles. The lowest BCUT2D eigenvalue weighted by molar-refractivity contribution is 0.881. The number of tetrazole rings is 1. The Morgan fingerprint density at radius 3 is 2.91 bits per heavy atom. The first-order valence-electron chi connectivity index (χ1n) is 2.72. The van der Waals surface area contributed by atoms with Crippen molar-refractivity contribution in [3.05, 3.63) is 6.20 Å². The molecule has 0 aliphatic heterocycles. The predicted molar refractivity (Wildman–Crippen MR) is 34.7 cm³/mol. The fraction of sp³-hybridized carbons (Fsp3) is 0. The zero-order chi connectivity index (χ0) is 7.52. The van der Waals surface area contributed by atoms with Gasteiger partial charge in [0.2, 0.25) is 5.16 Å². The molecule has 56 valence electrons. The van der Waals surface area contributed by atoms with E-state index in [1.807, 2.05) is 0 Å². The number of nitrogens with one attached hydrogen (secondary N) is 2. The largest absolute Gasteiger partial charge is 0.237 e. The molecule has 2 N–H and O–H groups in total. The van der Waals surface area contributed by atoms with Crippen LogP contribution in [0.25, 0.3) is 0 Å². The number of hydrogen-bond donors (Lipinski definition) is 2. The van der Waals surface area contributed by atoms with Crippen LogP contribution in [-0.2, 0) is 0 Å². The first-order valence-corrected chi connectivity index (χ1v) is 3.54. The number of H-pyrrole nitrogens is 2. The molecule has 0 aliphatic carbocycles. The lowest BCUT2D eigenvalue weighted by Crippen LogP contribution is -1.76. The third kappa shape index (κ3) is 1.34. The maximum absolute atomic E-state index is 3.80. The van der Waals surface area contributed by atoms with Crippen molar-refractivity contribution in [2.24, 2.45) is 0 Å². The van der Waals surface area contributed by atoms with Gasteiger partial charge in [-0.25, -0.2) is 0 Å². The van der Waals surface area contributed by atoms with Crippen LogP contribution in [0.4, 0.5) is 0 Å². The Bertz CT molecular complexity index is 266. The number of aromatic amines is 2. The molecule has 0 unspecified atom stereocenters. The van der Waals surface area contributed by atoms with E-state index < -0.39 is 0 Å². The number of nitrogens with zero attached hydrogens (tertiary/aromatic N) is 5. The maximum Gasteiger partial charge on any atom is 0.237 e.